The van der Waals surface area contributed by atoms with Crippen LogP contribution in [0.4, 0.5) is 10.9 Å². The molecule has 19 heavy (non-hydrogen) atoms. The molecule has 1 fully saturated rings. The van der Waals surface area contributed by atoms with Crippen LogP contribution in [0.5, 0.6) is 0 Å². The van der Waals surface area contributed by atoms with E-state index in [0.29, 0.717) is 23.0 Å². The Morgan fingerprint density at radius 2 is 2.32 bits per heavy atom. The van der Waals surface area contributed by atoms with Gasteiger partial charge in [0.2, 0.25) is 0 Å². The fraction of sp³-hybridized carbons (Fsp3) is 0.600. The number of nitrogen functional groups attached to an aromatic ring is 1. The van der Waals surface area contributed by atoms with Crippen LogP contribution >= 0.6 is 11.3 Å². The maximum absolute atomic E-state index is 12.0. The molecule has 9 heteroatoms. The molecule has 1 aliphatic rings. The summed E-state index contributed by atoms with van der Waals surface area (Å²) in [5.41, 5.74) is 5.68. The first kappa shape index (κ1) is 14.1. The number of aromatic nitrogens is 1. The molecule has 2 heterocycles. The lowest BCUT2D eigenvalue weighted by atomic mass is 10.2. The van der Waals surface area contributed by atoms with Crippen LogP contribution in [-0.4, -0.2) is 43.4 Å². The largest absolute Gasteiger partial charge is 0.382 e. The maximum Gasteiger partial charge on any atom is 0.265 e. The van der Waals surface area contributed by atoms with E-state index in [2.05, 4.69) is 15.6 Å². The average molecular weight is 304 g/mol. The Hall–Kier alpha value is -1.35. The van der Waals surface area contributed by atoms with Crippen LogP contribution in [0.2, 0.25) is 0 Å². The van der Waals surface area contributed by atoms with Gasteiger partial charge in [0.05, 0.1) is 11.5 Å². The molecule has 1 atom stereocenters. The Balaban J connectivity index is 2.04. The highest BCUT2D eigenvalue weighted by atomic mass is 32.2. The van der Waals surface area contributed by atoms with Crippen molar-refractivity contribution < 1.29 is 13.2 Å². The quantitative estimate of drug-likeness (QED) is 0.725. The van der Waals surface area contributed by atoms with E-state index in [1.807, 2.05) is 6.92 Å². The molecule has 0 saturated carbocycles. The summed E-state index contributed by atoms with van der Waals surface area (Å²) < 4.78 is 22.6. The van der Waals surface area contributed by atoms with Crippen LogP contribution < -0.4 is 16.4 Å². The highest BCUT2D eigenvalue weighted by molar-refractivity contribution is 7.91. The number of amides is 1. The first-order valence-corrected chi connectivity index (χ1v) is 8.56. The van der Waals surface area contributed by atoms with Crippen molar-refractivity contribution in [1.29, 1.82) is 0 Å². The molecule has 1 unspecified atom stereocenters. The third kappa shape index (κ3) is 3.35. The number of hydrogen-bond donors (Lipinski definition) is 3. The SMILES string of the molecule is CCNc1nc(N)c(C(=O)NC2CCS(=O)(=O)C2)s1. The number of carbonyl (C=O) groups excluding carboxylic acids is 1. The number of anilines is 2. The molecule has 0 aromatic carbocycles. The van der Waals surface area contributed by atoms with Gasteiger partial charge in [-0.3, -0.25) is 4.79 Å². The topological polar surface area (TPSA) is 114 Å². The Labute approximate surface area is 115 Å². The van der Waals surface area contributed by atoms with Crippen LogP contribution in [0.1, 0.15) is 23.0 Å². The Morgan fingerprint density at radius 1 is 1.58 bits per heavy atom. The molecule has 1 aliphatic heterocycles. The zero-order chi connectivity index (χ0) is 14.0. The van der Waals surface area contributed by atoms with Crippen molar-refractivity contribution >= 4 is 38.0 Å². The van der Waals surface area contributed by atoms with Crippen molar-refractivity contribution in [2.24, 2.45) is 0 Å². The first-order chi connectivity index (χ1) is 8.91. The van der Waals surface area contributed by atoms with Gasteiger partial charge in [-0.25, -0.2) is 13.4 Å². The minimum absolute atomic E-state index is 0.00246. The zero-order valence-electron chi connectivity index (χ0n) is 10.5. The van der Waals surface area contributed by atoms with Crippen molar-refractivity contribution in [3.8, 4) is 0 Å². The van der Waals surface area contributed by atoms with Crippen molar-refractivity contribution in [2.45, 2.75) is 19.4 Å². The number of thiazole rings is 1. The Bertz CT molecular complexity index is 582. The van der Waals surface area contributed by atoms with E-state index in [4.69, 9.17) is 5.73 Å². The molecule has 1 saturated heterocycles. The number of nitrogens with two attached hydrogens (primary N) is 1. The number of nitrogens with one attached hydrogen (secondary N) is 2. The van der Waals surface area contributed by atoms with Gasteiger partial charge in [0.1, 0.15) is 10.7 Å². The summed E-state index contributed by atoms with van der Waals surface area (Å²) in [5.74, 6) is -0.0726. The predicted octanol–water partition coefficient (Wildman–Crippen LogP) is 0.0740. The molecule has 0 aliphatic carbocycles. The first-order valence-electron chi connectivity index (χ1n) is 5.92. The molecule has 7 nitrogen and oxygen atoms in total. The summed E-state index contributed by atoms with van der Waals surface area (Å²) in [6.07, 6.45) is 0.451. The fourth-order valence-electron chi connectivity index (χ4n) is 1.88. The number of hydrogen-bond acceptors (Lipinski definition) is 7. The summed E-state index contributed by atoms with van der Waals surface area (Å²) in [6.45, 7) is 2.61. The normalized spacial score (nSPS) is 21.2. The molecule has 1 aromatic heterocycles. The summed E-state index contributed by atoms with van der Waals surface area (Å²) in [6, 6.07) is -0.332. The second kappa shape index (κ2) is 5.33. The number of nitrogens with zero attached hydrogens (tertiary/aromatic N) is 1. The van der Waals surface area contributed by atoms with E-state index >= 15 is 0 Å². The van der Waals surface area contributed by atoms with E-state index in [1.165, 1.54) is 11.3 Å². The summed E-state index contributed by atoms with van der Waals surface area (Å²) >= 11 is 1.17. The second-order valence-electron chi connectivity index (χ2n) is 4.34. The third-order valence-corrected chi connectivity index (χ3v) is 5.55. The van der Waals surface area contributed by atoms with Crippen LogP contribution in [0.3, 0.4) is 0 Å². The molecular weight excluding hydrogens is 288 g/mol. The minimum Gasteiger partial charge on any atom is -0.382 e. The van der Waals surface area contributed by atoms with Crippen molar-refractivity contribution in [3.63, 3.8) is 0 Å². The molecule has 0 radical (unpaired) electrons. The van der Waals surface area contributed by atoms with Gasteiger partial charge in [-0.1, -0.05) is 11.3 Å². The van der Waals surface area contributed by atoms with Crippen LogP contribution in [0.25, 0.3) is 0 Å². The van der Waals surface area contributed by atoms with Gasteiger partial charge in [-0.05, 0) is 13.3 Å². The van der Waals surface area contributed by atoms with Gasteiger partial charge in [0.25, 0.3) is 5.91 Å². The van der Waals surface area contributed by atoms with Gasteiger partial charge in [-0.15, -0.1) is 0 Å². The highest BCUT2D eigenvalue weighted by Crippen LogP contribution is 2.25. The van der Waals surface area contributed by atoms with Gasteiger partial charge in [0, 0.05) is 12.6 Å². The molecule has 0 spiro atoms. The fourth-order valence-corrected chi connectivity index (χ4v) is 4.41. The monoisotopic (exact) mass is 304 g/mol. The van der Waals surface area contributed by atoms with E-state index in [0.717, 1.165) is 0 Å². The number of carbonyl (C=O) groups is 1. The van der Waals surface area contributed by atoms with Gasteiger partial charge in [-0.2, -0.15) is 0 Å². The van der Waals surface area contributed by atoms with Gasteiger partial charge >= 0.3 is 0 Å². The maximum atomic E-state index is 12.0. The summed E-state index contributed by atoms with van der Waals surface area (Å²) in [4.78, 5) is 16.4. The highest BCUT2D eigenvalue weighted by Gasteiger charge is 2.30. The van der Waals surface area contributed by atoms with Crippen LogP contribution in [0.15, 0.2) is 0 Å². The van der Waals surface area contributed by atoms with Crippen LogP contribution in [-0.2, 0) is 9.84 Å². The van der Waals surface area contributed by atoms with Crippen LogP contribution in [0, 0.1) is 0 Å². The molecule has 0 bridgehead atoms. The van der Waals surface area contributed by atoms with Gasteiger partial charge < -0.3 is 16.4 Å². The number of rotatable bonds is 4. The van der Waals surface area contributed by atoms with E-state index in [-0.39, 0.29) is 29.3 Å². The smallest absolute Gasteiger partial charge is 0.265 e. The lowest BCUT2D eigenvalue weighted by Gasteiger charge is -2.09. The van der Waals surface area contributed by atoms with E-state index in [9.17, 15) is 13.2 Å². The standard InChI is InChI=1S/C10H16N4O3S2/c1-2-12-10-14-8(11)7(18-10)9(15)13-6-3-4-19(16,17)5-6/h6H,2-5,11H2,1H3,(H,12,14)(H,13,15). The molecular formula is C10H16N4O3S2. The number of sulfone groups is 1. The lowest BCUT2D eigenvalue weighted by molar-refractivity contribution is 0.0946. The van der Waals surface area contributed by atoms with E-state index in [1.54, 1.807) is 0 Å². The Kier molecular flexibility index (Phi) is 3.95. The van der Waals surface area contributed by atoms with Crippen molar-refractivity contribution in [1.82, 2.24) is 10.3 Å². The average Bonchev–Trinajstić information content (AvgIpc) is 2.82. The lowest BCUT2D eigenvalue weighted by Crippen LogP contribution is -2.35. The third-order valence-electron chi connectivity index (χ3n) is 2.76. The molecule has 1 amide bonds. The molecule has 4 N–H and O–H groups in total. The van der Waals surface area contributed by atoms with Crippen molar-refractivity contribution in [3.05, 3.63) is 4.88 Å². The van der Waals surface area contributed by atoms with Crippen molar-refractivity contribution in [2.75, 3.05) is 29.1 Å². The predicted molar refractivity (Wildman–Crippen MR) is 75.2 cm³/mol. The molecule has 106 valence electrons. The van der Waals surface area contributed by atoms with E-state index < -0.39 is 9.84 Å². The zero-order valence-corrected chi connectivity index (χ0v) is 12.1. The van der Waals surface area contributed by atoms with Gasteiger partial charge in [0.15, 0.2) is 15.0 Å². The minimum atomic E-state index is -3.01. The summed E-state index contributed by atoms with van der Waals surface area (Å²) in [5, 5.41) is 6.26. The Morgan fingerprint density at radius 3 is 2.89 bits per heavy atom. The summed E-state index contributed by atoms with van der Waals surface area (Å²) in [7, 11) is -3.01. The molecule has 2 rings (SSSR count). The second-order valence-corrected chi connectivity index (χ2v) is 7.56. The molecule has 1 aromatic rings.